The molecule has 3 nitrogen and oxygen atoms in total. The zero-order valence-electron chi connectivity index (χ0n) is 21.5. The minimum atomic E-state index is 0.137. The Bertz CT molecular complexity index is 860. The molecular formula is C29H42O3. The largest absolute Gasteiger partial charge is 0.300 e. The summed E-state index contributed by atoms with van der Waals surface area (Å²) < 4.78 is 0. The van der Waals surface area contributed by atoms with Crippen molar-refractivity contribution in [1.29, 1.82) is 0 Å². The minimum absolute atomic E-state index is 0.137. The van der Waals surface area contributed by atoms with Gasteiger partial charge < -0.3 is 4.79 Å². The smallest absolute Gasteiger partial charge is 0.160 e. The van der Waals surface area contributed by atoms with Crippen LogP contribution >= 0.6 is 0 Å². The molecule has 0 fully saturated rings. The first-order valence-electron chi connectivity index (χ1n) is 11.6. The van der Waals surface area contributed by atoms with Gasteiger partial charge in [-0.05, 0) is 62.1 Å². The van der Waals surface area contributed by atoms with E-state index in [4.69, 9.17) is 0 Å². The molecule has 0 N–H and O–H groups in total. The summed E-state index contributed by atoms with van der Waals surface area (Å²) in [5.41, 5.74) is 4.03. The molecule has 0 aliphatic heterocycles. The van der Waals surface area contributed by atoms with Crippen molar-refractivity contribution < 1.29 is 14.4 Å². The second-order valence-corrected chi connectivity index (χ2v) is 9.27. The van der Waals surface area contributed by atoms with Crippen LogP contribution in [-0.4, -0.2) is 17.3 Å². The third kappa shape index (κ3) is 12.3. The molecule has 0 unspecified atom stereocenters. The van der Waals surface area contributed by atoms with Crippen molar-refractivity contribution in [3.8, 4) is 0 Å². The number of carbonyl (C=O) groups excluding carboxylic acids is 3. The van der Waals surface area contributed by atoms with Crippen LogP contribution < -0.4 is 0 Å². The average Bonchev–Trinajstić information content (AvgIpc) is 2.73. The van der Waals surface area contributed by atoms with Gasteiger partial charge in [0.05, 0.1) is 0 Å². The van der Waals surface area contributed by atoms with Crippen molar-refractivity contribution in [2.75, 3.05) is 0 Å². The van der Waals surface area contributed by atoms with Gasteiger partial charge in [-0.3, -0.25) is 9.59 Å². The number of hydrogen-bond donors (Lipinski definition) is 0. The summed E-state index contributed by atoms with van der Waals surface area (Å²) in [6, 6.07) is 15.6. The second-order valence-electron chi connectivity index (χ2n) is 9.27. The quantitative estimate of drug-likeness (QED) is 0.411. The van der Waals surface area contributed by atoms with Gasteiger partial charge in [-0.1, -0.05) is 84.0 Å². The SMILES string of the molecule is CC(=O)CCC(C)C.CC(=O)c1cccc(C(C)C)c1.CC(=O)c1ccccc1C(C)C. The Kier molecular flexibility index (Phi) is 14.1. The van der Waals surface area contributed by atoms with Crippen LogP contribution in [0.5, 0.6) is 0 Å². The van der Waals surface area contributed by atoms with E-state index in [9.17, 15) is 14.4 Å². The first-order chi connectivity index (χ1) is 14.9. The van der Waals surface area contributed by atoms with E-state index in [1.807, 2.05) is 42.5 Å². The summed E-state index contributed by atoms with van der Waals surface area (Å²) in [4.78, 5) is 32.5. The first kappa shape index (κ1) is 29.5. The Balaban J connectivity index is 0.000000462. The van der Waals surface area contributed by atoms with Crippen molar-refractivity contribution in [1.82, 2.24) is 0 Å². The van der Waals surface area contributed by atoms with Crippen LogP contribution in [0.15, 0.2) is 48.5 Å². The highest BCUT2D eigenvalue weighted by Crippen LogP contribution is 2.19. The molecule has 2 rings (SSSR count). The van der Waals surface area contributed by atoms with Gasteiger partial charge in [-0.15, -0.1) is 0 Å². The fourth-order valence-corrected chi connectivity index (χ4v) is 2.93. The summed E-state index contributed by atoms with van der Waals surface area (Å²) in [5, 5.41) is 0. The minimum Gasteiger partial charge on any atom is -0.300 e. The Morgan fingerprint density at radius 2 is 1.31 bits per heavy atom. The van der Waals surface area contributed by atoms with E-state index >= 15 is 0 Å². The molecule has 176 valence electrons. The highest BCUT2D eigenvalue weighted by Gasteiger charge is 2.08. The van der Waals surface area contributed by atoms with Gasteiger partial charge in [0, 0.05) is 17.5 Å². The monoisotopic (exact) mass is 438 g/mol. The Morgan fingerprint density at radius 1 is 0.719 bits per heavy atom. The summed E-state index contributed by atoms with van der Waals surface area (Å²) in [6.07, 6.45) is 1.78. The maximum absolute atomic E-state index is 11.2. The highest BCUT2D eigenvalue weighted by molar-refractivity contribution is 5.95. The molecule has 2 aromatic carbocycles. The van der Waals surface area contributed by atoms with Crippen LogP contribution in [0.1, 0.15) is 119 Å². The first-order valence-corrected chi connectivity index (χ1v) is 11.6. The van der Waals surface area contributed by atoms with Gasteiger partial charge in [0.1, 0.15) is 5.78 Å². The number of rotatable bonds is 7. The van der Waals surface area contributed by atoms with Crippen LogP contribution in [0, 0.1) is 5.92 Å². The normalized spacial score (nSPS) is 10.2. The number of Topliss-reactive ketones (excluding diaryl/α,β-unsaturated/α-hetero) is 3. The van der Waals surface area contributed by atoms with E-state index in [1.54, 1.807) is 20.8 Å². The van der Waals surface area contributed by atoms with Gasteiger partial charge in [-0.25, -0.2) is 0 Å². The Morgan fingerprint density at radius 3 is 1.69 bits per heavy atom. The fraction of sp³-hybridized carbons (Fsp3) is 0.483. The predicted molar refractivity (Wildman–Crippen MR) is 136 cm³/mol. The number of ketones is 3. The van der Waals surface area contributed by atoms with E-state index in [2.05, 4.69) is 47.6 Å². The zero-order valence-corrected chi connectivity index (χ0v) is 21.5. The lowest BCUT2D eigenvalue weighted by atomic mass is 9.95. The van der Waals surface area contributed by atoms with Gasteiger partial charge >= 0.3 is 0 Å². The number of carbonyl (C=O) groups is 3. The molecule has 0 heterocycles. The third-order valence-corrected chi connectivity index (χ3v) is 5.00. The summed E-state index contributed by atoms with van der Waals surface area (Å²) in [7, 11) is 0. The summed E-state index contributed by atoms with van der Waals surface area (Å²) >= 11 is 0. The van der Waals surface area contributed by atoms with Crippen LogP contribution in [0.25, 0.3) is 0 Å². The van der Waals surface area contributed by atoms with Crippen LogP contribution in [0.2, 0.25) is 0 Å². The van der Waals surface area contributed by atoms with Gasteiger partial charge in [0.15, 0.2) is 11.6 Å². The lowest BCUT2D eigenvalue weighted by Gasteiger charge is -2.09. The molecule has 32 heavy (non-hydrogen) atoms. The molecule has 0 saturated heterocycles. The third-order valence-electron chi connectivity index (χ3n) is 5.00. The average molecular weight is 439 g/mol. The molecule has 3 heteroatoms. The van der Waals surface area contributed by atoms with E-state index in [-0.39, 0.29) is 11.6 Å². The molecule has 0 aliphatic carbocycles. The molecule has 0 aromatic heterocycles. The molecule has 0 amide bonds. The molecular weight excluding hydrogens is 396 g/mol. The molecule has 0 atom stereocenters. The van der Waals surface area contributed by atoms with E-state index in [0.29, 0.717) is 23.5 Å². The standard InChI is InChI=1S/2C11H14O.C7H14O/c1-8(2)10-5-4-6-11(7-10)9(3)12;1-8(2)10-6-4-5-7-11(10)9(3)12;1-6(2)4-5-7(3)8/h2*4-8H,1-3H3;6H,4-5H2,1-3H3. The second kappa shape index (κ2) is 15.3. The molecule has 0 saturated carbocycles. The van der Waals surface area contributed by atoms with E-state index < -0.39 is 0 Å². The van der Waals surface area contributed by atoms with E-state index in [0.717, 1.165) is 29.5 Å². The summed E-state index contributed by atoms with van der Waals surface area (Å²) in [6.45, 7) is 17.6. The van der Waals surface area contributed by atoms with Crippen molar-refractivity contribution >= 4 is 17.3 Å². The molecule has 0 aliphatic rings. The fourth-order valence-electron chi connectivity index (χ4n) is 2.93. The van der Waals surface area contributed by atoms with Gasteiger partial charge in [0.25, 0.3) is 0 Å². The predicted octanol–water partition coefficient (Wildman–Crippen LogP) is 8.04. The van der Waals surface area contributed by atoms with Crippen molar-refractivity contribution in [3.63, 3.8) is 0 Å². The zero-order chi connectivity index (χ0) is 24.8. The van der Waals surface area contributed by atoms with Gasteiger partial charge in [0.2, 0.25) is 0 Å². The lowest BCUT2D eigenvalue weighted by Crippen LogP contribution is -2.00. The van der Waals surface area contributed by atoms with Gasteiger partial charge in [-0.2, -0.15) is 0 Å². The number of hydrogen-bond acceptors (Lipinski definition) is 3. The summed E-state index contributed by atoms with van der Waals surface area (Å²) in [5.74, 6) is 2.17. The topological polar surface area (TPSA) is 51.2 Å². The molecule has 0 spiro atoms. The maximum atomic E-state index is 11.2. The maximum Gasteiger partial charge on any atom is 0.160 e. The van der Waals surface area contributed by atoms with Crippen molar-refractivity contribution in [3.05, 3.63) is 70.8 Å². The lowest BCUT2D eigenvalue weighted by molar-refractivity contribution is -0.117. The van der Waals surface area contributed by atoms with Crippen molar-refractivity contribution in [2.45, 2.75) is 87.0 Å². The van der Waals surface area contributed by atoms with E-state index in [1.165, 1.54) is 5.56 Å². The Labute approximate surface area is 195 Å². The molecule has 0 bridgehead atoms. The Hall–Kier alpha value is -2.55. The van der Waals surface area contributed by atoms with Crippen molar-refractivity contribution in [2.24, 2.45) is 5.92 Å². The van der Waals surface area contributed by atoms with Crippen LogP contribution in [-0.2, 0) is 4.79 Å². The van der Waals surface area contributed by atoms with Crippen LogP contribution in [0.3, 0.4) is 0 Å². The molecule has 0 radical (unpaired) electrons. The number of benzene rings is 2. The van der Waals surface area contributed by atoms with Crippen LogP contribution in [0.4, 0.5) is 0 Å². The highest BCUT2D eigenvalue weighted by atomic mass is 16.1. The molecule has 2 aromatic rings.